The van der Waals surface area contributed by atoms with Gasteiger partial charge in [0.25, 0.3) is 5.19 Å². The van der Waals surface area contributed by atoms with Crippen molar-refractivity contribution in [2.45, 2.75) is 32.4 Å². The molecule has 1 aliphatic carbocycles. The number of H-pyrrole nitrogens is 1. The van der Waals surface area contributed by atoms with Crippen LogP contribution in [-0.4, -0.2) is 71.2 Å². The SMILES string of the molecule is C=c1c2c([nH]/c1=C/C=C(\C)Cl)[C@H](C1=CC=C(Oc3ncc(CN4CCN(C)CC4)s3)C=CC1)N(COc1ccc(Cl)cc1)CC2. The Balaban J connectivity index is 1.23. The Labute approximate surface area is 279 Å². The van der Waals surface area contributed by atoms with Crippen molar-refractivity contribution in [3.05, 3.63) is 109 Å². The lowest BCUT2D eigenvalue weighted by Crippen LogP contribution is -2.43. The zero-order valence-corrected chi connectivity index (χ0v) is 28.1. The number of fused-ring (bicyclic) bond motifs is 1. The highest BCUT2D eigenvalue weighted by Gasteiger charge is 2.32. The van der Waals surface area contributed by atoms with E-state index in [1.54, 1.807) is 11.3 Å². The Kier molecular flexibility index (Phi) is 10.3. The minimum Gasteiger partial charge on any atom is -0.478 e. The van der Waals surface area contributed by atoms with E-state index in [1.807, 2.05) is 61.7 Å². The van der Waals surface area contributed by atoms with Crippen LogP contribution in [0.5, 0.6) is 10.9 Å². The number of thiazole rings is 1. The van der Waals surface area contributed by atoms with Crippen molar-refractivity contribution in [3.8, 4) is 10.9 Å². The molecule has 1 saturated heterocycles. The van der Waals surface area contributed by atoms with Crippen molar-refractivity contribution in [1.82, 2.24) is 24.7 Å². The predicted molar refractivity (Wildman–Crippen MR) is 185 cm³/mol. The van der Waals surface area contributed by atoms with Crippen molar-refractivity contribution in [2.75, 3.05) is 46.5 Å². The van der Waals surface area contributed by atoms with E-state index in [9.17, 15) is 0 Å². The van der Waals surface area contributed by atoms with Gasteiger partial charge >= 0.3 is 0 Å². The molecule has 1 fully saturated rings. The predicted octanol–water partition coefficient (Wildman–Crippen LogP) is 5.99. The number of nitrogens with one attached hydrogen (secondary N) is 1. The molecule has 0 amide bonds. The summed E-state index contributed by atoms with van der Waals surface area (Å²) in [5, 5.41) is 4.07. The van der Waals surface area contributed by atoms with Crippen molar-refractivity contribution in [3.63, 3.8) is 0 Å². The molecular weight excluding hydrogens is 625 g/mol. The first-order valence-corrected chi connectivity index (χ1v) is 16.9. The maximum atomic E-state index is 6.27. The largest absolute Gasteiger partial charge is 0.478 e. The van der Waals surface area contributed by atoms with Crippen LogP contribution in [0.3, 0.4) is 0 Å². The lowest BCUT2D eigenvalue weighted by Gasteiger charge is -2.36. The van der Waals surface area contributed by atoms with E-state index in [0.717, 1.165) is 84.9 Å². The molecule has 2 aliphatic heterocycles. The van der Waals surface area contributed by atoms with Crippen molar-refractivity contribution >= 4 is 47.2 Å². The molecule has 3 aromatic rings. The first kappa shape index (κ1) is 31.9. The molecule has 0 unspecified atom stereocenters. The van der Waals surface area contributed by atoms with Crippen LogP contribution in [0, 0.1) is 0 Å². The van der Waals surface area contributed by atoms with Gasteiger partial charge in [-0.15, -0.1) is 0 Å². The van der Waals surface area contributed by atoms with Gasteiger partial charge in [0.15, 0.2) is 0 Å². The number of ether oxygens (including phenoxy) is 2. The summed E-state index contributed by atoms with van der Waals surface area (Å²) in [6, 6.07) is 7.47. The molecule has 1 atom stereocenters. The fourth-order valence-corrected chi connectivity index (χ4v) is 6.94. The Hall–Kier alpha value is -3.11. The van der Waals surface area contributed by atoms with Gasteiger partial charge in [0.05, 0.1) is 6.04 Å². The summed E-state index contributed by atoms with van der Waals surface area (Å²) >= 11 is 13.9. The number of hydrogen-bond donors (Lipinski definition) is 1. The molecule has 3 aliphatic rings. The van der Waals surface area contributed by atoms with Crippen LogP contribution in [0.15, 0.2) is 77.2 Å². The molecule has 236 valence electrons. The molecule has 0 radical (unpaired) electrons. The fraction of sp³-hybridized carbons (Fsp3) is 0.343. The first-order chi connectivity index (χ1) is 21.8. The standard InChI is InChI=1S/C35H39Cl2N5O2S/c1-24(36)7-14-32-25(2)31-15-16-42(23-43-28-12-9-27(37)10-13-28)34(33(31)39-32)26-5-4-6-29(11-8-26)44-35-38-21-30(45-35)22-41-19-17-40(3)18-20-41/h4,6-14,21,34,39H,2,5,15-20,22-23H2,1,3H3/b24-7+,32-14+/t34-/m0/s1. The quantitative estimate of drug-likeness (QED) is 0.304. The number of halogens is 2. The maximum absolute atomic E-state index is 6.27. The van der Waals surface area contributed by atoms with Crippen LogP contribution >= 0.6 is 34.5 Å². The molecule has 1 aromatic carbocycles. The number of aromatic amines is 1. The van der Waals surface area contributed by atoms with Crippen molar-refractivity contribution < 1.29 is 9.47 Å². The molecule has 1 N–H and O–H groups in total. The second-order valence-corrected chi connectivity index (χ2v) is 13.8. The molecule has 6 rings (SSSR count). The summed E-state index contributed by atoms with van der Waals surface area (Å²) in [6.45, 7) is 12.8. The number of nitrogens with zero attached hydrogens (tertiary/aromatic N) is 4. The first-order valence-electron chi connectivity index (χ1n) is 15.3. The number of likely N-dealkylation sites (N-methyl/N-ethyl adjacent to an activating group) is 1. The highest BCUT2D eigenvalue weighted by atomic mass is 35.5. The Bertz CT molecular complexity index is 1730. The third-order valence-electron chi connectivity index (χ3n) is 8.42. The third-order valence-corrected chi connectivity index (χ3v) is 9.66. The minimum atomic E-state index is -0.0277. The molecule has 0 bridgehead atoms. The van der Waals surface area contributed by atoms with Gasteiger partial charge in [-0.3, -0.25) is 9.80 Å². The van der Waals surface area contributed by atoms with E-state index >= 15 is 0 Å². The van der Waals surface area contributed by atoms with Gasteiger partial charge in [0, 0.05) is 71.4 Å². The lowest BCUT2D eigenvalue weighted by molar-refractivity contribution is 0.0883. The van der Waals surface area contributed by atoms with Gasteiger partial charge < -0.3 is 19.4 Å². The number of rotatable bonds is 9. The van der Waals surface area contributed by atoms with Gasteiger partial charge in [-0.1, -0.05) is 53.3 Å². The zero-order valence-electron chi connectivity index (χ0n) is 25.8. The molecule has 4 heterocycles. The average Bonchev–Trinajstić information content (AvgIpc) is 3.52. The van der Waals surface area contributed by atoms with Crippen LogP contribution in [0.1, 0.15) is 35.5 Å². The third kappa shape index (κ3) is 8.01. The van der Waals surface area contributed by atoms with Crippen LogP contribution < -0.4 is 20.0 Å². The Morgan fingerprint density at radius 1 is 1.16 bits per heavy atom. The normalized spacial score (nSPS) is 20.5. The lowest BCUT2D eigenvalue weighted by atomic mass is 9.91. The zero-order chi connectivity index (χ0) is 31.3. The summed E-state index contributed by atoms with van der Waals surface area (Å²) in [7, 11) is 2.18. The highest BCUT2D eigenvalue weighted by Crippen LogP contribution is 2.36. The van der Waals surface area contributed by atoms with Gasteiger partial charge in [-0.25, -0.2) is 4.98 Å². The van der Waals surface area contributed by atoms with Crippen LogP contribution in [-0.2, 0) is 13.0 Å². The van der Waals surface area contributed by atoms with E-state index in [1.165, 1.54) is 16.0 Å². The van der Waals surface area contributed by atoms with E-state index in [0.29, 0.717) is 16.9 Å². The van der Waals surface area contributed by atoms with E-state index in [4.69, 9.17) is 32.7 Å². The van der Waals surface area contributed by atoms with E-state index in [2.05, 4.69) is 50.4 Å². The summed E-state index contributed by atoms with van der Waals surface area (Å²) in [5.74, 6) is 1.55. The monoisotopic (exact) mass is 663 g/mol. The van der Waals surface area contributed by atoms with Crippen molar-refractivity contribution in [1.29, 1.82) is 0 Å². The molecule has 2 aromatic heterocycles. The molecule has 10 heteroatoms. The van der Waals surface area contributed by atoms with Crippen LogP contribution in [0.4, 0.5) is 0 Å². The number of piperazine rings is 1. The highest BCUT2D eigenvalue weighted by molar-refractivity contribution is 7.13. The molecule has 0 spiro atoms. The summed E-state index contributed by atoms with van der Waals surface area (Å²) in [4.78, 5) is 16.7. The van der Waals surface area contributed by atoms with Gasteiger partial charge in [-0.2, -0.15) is 0 Å². The van der Waals surface area contributed by atoms with Crippen molar-refractivity contribution in [2.24, 2.45) is 0 Å². The molecular formula is C35H39Cl2N5O2S. The minimum absolute atomic E-state index is 0.0277. The number of hydrogen-bond acceptors (Lipinski definition) is 7. The molecule has 45 heavy (non-hydrogen) atoms. The van der Waals surface area contributed by atoms with Gasteiger partial charge in [0.1, 0.15) is 18.2 Å². The van der Waals surface area contributed by atoms with E-state index in [-0.39, 0.29) is 6.04 Å². The Morgan fingerprint density at radius 3 is 2.73 bits per heavy atom. The number of allylic oxidation sites excluding steroid dienone is 6. The van der Waals surface area contributed by atoms with Crippen LogP contribution in [0.25, 0.3) is 12.7 Å². The summed E-state index contributed by atoms with van der Waals surface area (Å²) in [5.41, 5.74) is 3.63. The second kappa shape index (κ2) is 14.5. The summed E-state index contributed by atoms with van der Waals surface area (Å²) in [6.07, 6.45) is 15.9. The van der Waals surface area contributed by atoms with Gasteiger partial charge in [0.2, 0.25) is 0 Å². The molecule has 0 saturated carbocycles. The maximum Gasteiger partial charge on any atom is 0.278 e. The topological polar surface area (TPSA) is 56.9 Å². The smallest absolute Gasteiger partial charge is 0.278 e. The average molecular weight is 665 g/mol. The number of benzene rings is 1. The Morgan fingerprint density at radius 2 is 1.96 bits per heavy atom. The fourth-order valence-electron chi connectivity index (χ4n) is 5.93. The van der Waals surface area contributed by atoms with E-state index < -0.39 is 0 Å². The molecule has 7 nitrogen and oxygen atoms in total. The van der Waals surface area contributed by atoms with Gasteiger partial charge in [-0.05, 0) is 91.7 Å². The second-order valence-electron chi connectivity index (χ2n) is 11.7. The summed E-state index contributed by atoms with van der Waals surface area (Å²) < 4.78 is 12.5. The van der Waals surface area contributed by atoms with Crippen LogP contribution in [0.2, 0.25) is 5.02 Å². The number of aromatic nitrogens is 2.